The first-order valence-corrected chi connectivity index (χ1v) is 3.37. The summed E-state index contributed by atoms with van der Waals surface area (Å²) in [6.45, 7) is 2.86. The second-order valence-corrected chi connectivity index (χ2v) is 1.82. The Balaban J connectivity index is 2.53. The number of hydrogen-bond donors (Lipinski definition) is 0. The van der Waals surface area contributed by atoms with E-state index in [1.165, 1.54) is 12.8 Å². The van der Waals surface area contributed by atoms with E-state index in [4.69, 9.17) is 0 Å². The lowest BCUT2D eigenvalue weighted by molar-refractivity contribution is -0.193. The molecule has 0 aliphatic heterocycles. The SMILES string of the molecule is CCCCCOOP. The second-order valence-electron chi connectivity index (χ2n) is 1.63. The van der Waals surface area contributed by atoms with Crippen LogP contribution in [0.25, 0.3) is 0 Å². The van der Waals surface area contributed by atoms with Gasteiger partial charge in [0.15, 0.2) is 0 Å². The van der Waals surface area contributed by atoms with Gasteiger partial charge >= 0.3 is 0 Å². The summed E-state index contributed by atoms with van der Waals surface area (Å²) >= 11 is 0. The number of hydrogen-bond acceptors (Lipinski definition) is 2. The van der Waals surface area contributed by atoms with Crippen molar-refractivity contribution in [3.63, 3.8) is 0 Å². The van der Waals surface area contributed by atoms with E-state index < -0.39 is 0 Å². The highest BCUT2D eigenvalue weighted by atomic mass is 31.0. The minimum Gasteiger partial charge on any atom is -0.234 e. The second kappa shape index (κ2) is 7.35. The van der Waals surface area contributed by atoms with Crippen LogP contribution in [0, 0.1) is 0 Å². The molecule has 0 heterocycles. The molecule has 0 aromatic heterocycles. The Hall–Kier alpha value is 0.350. The Labute approximate surface area is 52.8 Å². The summed E-state index contributed by atoms with van der Waals surface area (Å²) in [6, 6.07) is 0. The zero-order valence-corrected chi connectivity index (χ0v) is 6.38. The van der Waals surface area contributed by atoms with Crippen LogP contribution in [0.15, 0.2) is 0 Å². The molecular formula is C5H13O2P. The molecule has 2 nitrogen and oxygen atoms in total. The molecule has 0 spiro atoms. The van der Waals surface area contributed by atoms with Crippen molar-refractivity contribution in [2.75, 3.05) is 6.61 Å². The van der Waals surface area contributed by atoms with Gasteiger partial charge in [-0.1, -0.05) is 19.8 Å². The van der Waals surface area contributed by atoms with Crippen LogP contribution in [0.1, 0.15) is 26.2 Å². The quantitative estimate of drug-likeness (QED) is 0.249. The lowest BCUT2D eigenvalue weighted by Crippen LogP contribution is -1.88. The lowest BCUT2D eigenvalue weighted by Gasteiger charge is -1.95. The third-order valence-electron chi connectivity index (χ3n) is 0.899. The average Bonchev–Trinajstić information content (AvgIpc) is 1.81. The van der Waals surface area contributed by atoms with Crippen LogP contribution in [-0.2, 0) is 9.56 Å². The van der Waals surface area contributed by atoms with Crippen LogP contribution in [0.3, 0.4) is 0 Å². The van der Waals surface area contributed by atoms with Gasteiger partial charge in [-0.05, 0) is 6.42 Å². The van der Waals surface area contributed by atoms with Gasteiger partial charge in [0.05, 0.1) is 6.61 Å². The molecule has 0 fully saturated rings. The first kappa shape index (κ1) is 8.35. The molecule has 3 heteroatoms. The highest BCUT2D eigenvalue weighted by molar-refractivity contribution is 7.09. The maximum Gasteiger partial charge on any atom is 0.0825 e. The van der Waals surface area contributed by atoms with Crippen LogP contribution < -0.4 is 0 Å². The van der Waals surface area contributed by atoms with Gasteiger partial charge in [-0.3, -0.25) is 0 Å². The monoisotopic (exact) mass is 136 g/mol. The molecule has 50 valence electrons. The van der Waals surface area contributed by atoms with Crippen molar-refractivity contribution in [2.24, 2.45) is 0 Å². The minimum absolute atomic E-state index is 0.706. The van der Waals surface area contributed by atoms with Crippen LogP contribution in [-0.4, -0.2) is 6.61 Å². The summed E-state index contributed by atoms with van der Waals surface area (Å²) in [7, 11) is 2.04. The molecular weight excluding hydrogens is 123 g/mol. The minimum atomic E-state index is 0.706. The highest BCUT2D eigenvalue weighted by Gasteiger charge is 1.83. The lowest BCUT2D eigenvalue weighted by atomic mass is 10.3. The Kier molecular flexibility index (Phi) is 7.67. The van der Waals surface area contributed by atoms with Gasteiger partial charge in [-0.25, -0.2) is 9.56 Å². The normalized spacial score (nSPS) is 9.75. The van der Waals surface area contributed by atoms with E-state index in [1.807, 2.05) is 9.47 Å². The Bertz CT molecular complexity index is 35.4. The summed E-state index contributed by atoms with van der Waals surface area (Å²) in [4.78, 5) is 4.60. The predicted molar refractivity (Wildman–Crippen MR) is 36.3 cm³/mol. The number of rotatable bonds is 5. The van der Waals surface area contributed by atoms with Gasteiger partial charge in [-0.2, -0.15) is 0 Å². The van der Waals surface area contributed by atoms with Crippen LogP contribution in [0.2, 0.25) is 0 Å². The molecule has 0 radical (unpaired) electrons. The molecule has 0 amide bonds. The molecule has 1 atom stereocenters. The van der Waals surface area contributed by atoms with E-state index in [9.17, 15) is 0 Å². The van der Waals surface area contributed by atoms with Crippen molar-refractivity contribution in [1.29, 1.82) is 0 Å². The van der Waals surface area contributed by atoms with Crippen molar-refractivity contribution in [2.45, 2.75) is 26.2 Å². The molecule has 0 N–H and O–H groups in total. The zero-order chi connectivity index (χ0) is 6.24. The van der Waals surface area contributed by atoms with Gasteiger partial charge in [0, 0.05) is 9.47 Å². The van der Waals surface area contributed by atoms with E-state index in [1.54, 1.807) is 0 Å². The summed E-state index contributed by atoms with van der Waals surface area (Å²) < 4.78 is 4.31. The van der Waals surface area contributed by atoms with Gasteiger partial charge in [-0.15, -0.1) is 0 Å². The van der Waals surface area contributed by atoms with Crippen LogP contribution >= 0.6 is 9.47 Å². The average molecular weight is 136 g/mol. The summed E-state index contributed by atoms with van der Waals surface area (Å²) in [5.74, 6) is 0. The van der Waals surface area contributed by atoms with Gasteiger partial charge in [0.2, 0.25) is 0 Å². The van der Waals surface area contributed by atoms with Crippen molar-refractivity contribution in [3.05, 3.63) is 0 Å². The van der Waals surface area contributed by atoms with Gasteiger partial charge in [0.1, 0.15) is 0 Å². The topological polar surface area (TPSA) is 18.5 Å². The van der Waals surface area contributed by atoms with E-state index in [0.29, 0.717) is 6.61 Å². The van der Waals surface area contributed by atoms with Gasteiger partial charge in [0.25, 0.3) is 0 Å². The fourth-order valence-corrected chi connectivity index (χ4v) is 0.555. The van der Waals surface area contributed by atoms with Crippen LogP contribution in [0.5, 0.6) is 0 Å². The van der Waals surface area contributed by atoms with E-state index in [-0.39, 0.29) is 0 Å². The Morgan fingerprint density at radius 2 is 2.12 bits per heavy atom. The van der Waals surface area contributed by atoms with Crippen molar-refractivity contribution in [3.8, 4) is 0 Å². The maximum absolute atomic E-state index is 4.60. The maximum atomic E-state index is 4.60. The zero-order valence-electron chi connectivity index (χ0n) is 5.22. The smallest absolute Gasteiger partial charge is 0.0825 e. The molecule has 0 saturated heterocycles. The van der Waals surface area contributed by atoms with E-state index in [0.717, 1.165) is 6.42 Å². The molecule has 0 aromatic rings. The van der Waals surface area contributed by atoms with Crippen molar-refractivity contribution >= 4 is 9.47 Å². The molecule has 0 rings (SSSR count). The molecule has 0 aliphatic rings. The highest BCUT2D eigenvalue weighted by Crippen LogP contribution is 1.95. The predicted octanol–water partition coefficient (Wildman–Crippen LogP) is 1.91. The largest absolute Gasteiger partial charge is 0.234 e. The molecule has 0 saturated carbocycles. The number of unbranched alkanes of at least 4 members (excludes halogenated alkanes) is 2. The first-order chi connectivity index (χ1) is 3.91. The summed E-state index contributed by atoms with van der Waals surface area (Å²) in [5, 5.41) is 0. The van der Waals surface area contributed by atoms with Crippen molar-refractivity contribution < 1.29 is 9.56 Å². The van der Waals surface area contributed by atoms with Crippen LogP contribution in [0.4, 0.5) is 0 Å². The standard InChI is InChI=1S/C5H13O2P/c1-2-3-4-5-6-7-8/h2-5,8H2,1H3. The Morgan fingerprint density at radius 3 is 2.62 bits per heavy atom. The fourth-order valence-electron chi connectivity index (χ4n) is 0.459. The molecule has 0 aliphatic carbocycles. The van der Waals surface area contributed by atoms with E-state index in [2.05, 4.69) is 16.5 Å². The molecule has 0 aromatic carbocycles. The van der Waals surface area contributed by atoms with Crippen molar-refractivity contribution in [1.82, 2.24) is 0 Å². The summed E-state index contributed by atoms with van der Waals surface area (Å²) in [6.07, 6.45) is 3.53. The van der Waals surface area contributed by atoms with Gasteiger partial charge < -0.3 is 0 Å². The Morgan fingerprint density at radius 1 is 1.38 bits per heavy atom. The third-order valence-corrected chi connectivity index (χ3v) is 1.04. The summed E-state index contributed by atoms with van der Waals surface area (Å²) in [5.41, 5.74) is 0. The third kappa shape index (κ3) is 6.35. The first-order valence-electron chi connectivity index (χ1n) is 2.90. The molecule has 1 unspecified atom stereocenters. The fraction of sp³-hybridized carbons (Fsp3) is 1.00. The molecule has 8 heavy (non-hydrogen) atoms. The molecule has 0 bridgehead atoms. The van der Waals surface area contributed by atoms with E-state index >= 15 is 0 Å².